The summed E-state index contributed by atoms with van der Waals surface area (Å²) in [7, 11) is 0. The van der Waals surface area contributed by atoms with E-state index >= 15 is 0 Å². The Bertz CT molecular complexity index is 777. The summed E-state index contributed by atoms with van der Waals surface area (Å²) in [6.07, 6.45) is 0. The maximum atomic E-state index is 11.7. The number of hydrogen-bond donors (Lipinski definition) is 0. The zero-order valence-corrected chi connectivity index (χ0v) is 16.5. The van der Waals surface area contributed by atoms with Gasteiger partial charge in [0.25, 0.3) is 5.69 Å². The molecule has 2 rings (SSSR count). The smallest absolute Gasteiger partial charge is 0.281 e. The topological polar surface area (TPSA) is 84.0 Å². The van der Waals surface area contributed by atoms with Crippen molar-refractivity contribution in [2.75, 3.05) is 0 Å². The van der Waals surface area contributed by atoms with Crippen molar-refractivity contribution < 1.29 is 53.8 Å². The Kier molecular flexibility index (Phi) is 6.74. The average Bonchev–Trinajstić information content (AvgIpc) is 2.46. The zero-order valence-electron chi connectivity index (χ0n) is 11.8. The molecule has 0 amide bonds. The zero-order chi connectivity index (χ0) is 15.4. The molecule has 0 heterocycles. The first-order valence-corrected chi connectivity index (χ1v) is 6.11. The van der Waals surface area contributed by atoms with Gasteiger partial charge in [-0.05, 0) is 19.1 Å². The second-order valence-corrected chi connectivity index (χ2v) is 4.31. The minimum atomic E-state index is -0.635. The van der Waals surface area contributed by atoms with Gasteiger partial charge in [0.2, 0.25) is 0 Å². The summed E-state index contributed by atoms with van der Waals surface area (Å²) in [5.41, 5.74) is 8.18. The van der Waals surface area contributed by atoms with Gasteiger partial charge in [-0.2, -0.15) is 0 Å². The van der Waals surface area contributed by atoms with Gasteiger partial charge in [0.1, 0.15) is 5.56 Å². The molecule has 107 valence electrons. The van der Waals surface area contributed by atoms with Gasteiger partial charge in [-0.3, -0.25) is 14.9 Å². The van der Waals surface area contributed by atoms with E-state index in [1.54, 1.807) is 12.1 Å². The summed E-state index contributed by atoms with van der Waals surface area (Å²) < 4.78 is 0. The number of ketones is 1. The van der Waals surface area contributed by atoms with Crippen LogP contribution in [0.15, 0.2) is 42.5 Å². The summed E-state index contributed by atoms with van der Waals surface area (Å²) in [6.45, 7) is 1.23. The molecule has 0 aliphatic rings. The van der Waals surface area contributed by atoms with Crippen LogP contribution >= 0.6 is 0 Å². The van der Waals surface area contributed by atoms with Gasteiger partial charge in [0.15, 0.2) is 5.78 Å². The Labute approximate surface area is 163 Å². The van der Waals surface area contributed by atoms with Crippen LogP contribution in [-0.2, 0) is 0 Å². The van der Waals surface area contributed by atoms with Crippen LogP contribution in [0.25, 0.3) is 5.73 Å². The number of nitro groups is 1. The van der Waals surface area contributed by atoms with E-state index in [4.69, 9.17) is 5.73 Å². The van der Waals surface area contributed by atoms with Crippen molar-refractivity contribution >= 4 is 17.2 Å². The van der Waals surface area contributed by atoms with E-state index in [2.05, 4.69) is 11.8 Å². The van der Waals surface area contributed by atoms with Crippen molar-refractivity contribution in [2.45, 2.75) is 6.92 Å². The third-order valence-electron chi connectivity index (χ3n) is 2.84. The molecule has 6 heteroatoms. The normalized spacial score (nSPS) is 9.14. The third kappa shape index (κ3) is 4.16. The molecule has 0 saturated heterocycles. The van der Waals surface area contributed by atoms with Crippen molar-refractivity contribution in [3.05, 3.63) is 75.0 Å². The first kappa shape index (κ1) is 18.4. The number of nitro benzene ring substituents is 1. The van der Waals surface area contributed by atoms with Crippen LogP contribution in [0.4, 0.5) is 11.4 Å². The number of hydrogen-bond acceptors (Lipinski definition) is 3. The van der Waals surface area contributed by atoms with E-state index in [1.807, 2.05) is 18.2 Å². The van der Waals surface area contributed by atoms with Crippen LogP contribution in [0.3, 0.4) is 0 Å². The largest absolute Gasteiger partial charge is 0.698 e. The van der Waals surface area contributed by atoms with Gasteiger partial charge in [0.05, 0.1) is 4.92 Å². The number of benzene rings is 2. The molecule has 1 N–H and O–H groups in total. The fourth-order valence-electron chi connectivity index (χ4n) is 1.89. The van der Waals surface area contributed by atoms with Crippen LogP contribution < -0.4 is 0 Å². The first-order valence-electron chi connectivity index (χ1n) is 6.11. The summed E-state index contributed by atoms with van der Waals surface area (Å²) in [5.74, 6) is 5.05. The molecule has 1 radical (unpaired) electrons. The Morgan fingerprint density at radius 1 is 1.14 bits per heavy atom. The molecular weight excluding hydrogens is 495 g/mol. The molecule has 0 unspecified atom stereocenters. The Hall–Kier alpha value is -1.69. The monoisotopic (exact) mass is 506 g/mol. The van der Waals surface area contributed by atoms with Gasteiger partial charge in [-0.1, -0.05) is 36.1 Å². The van der Waals surface area contributed by atoms with Gasteiger partial charge in [0, 0.05) is 61.3 Å². The summed E-state index contributed by atoms with van der Waals surface area (Å²) in [4.78, 5) is 22.1. The third-order valence-corrected chi connectivity index (χ3v) is 2.84. The summed E-state index contributed by atoms with van der Waals surface area (Å²) >= 11 is 0. The van der Waals surface area contributed by atoms with Crippen molar-refractivity contribution in [1.82, 2.24) is 0 Å². The van der Waals surface area contributed by atoms with Gasteiger partial charge in [-0.25, -0.2) is 0 Å². The van der Waals surface area contributed by atoms with Crippen LogP contribution in [0, 0.1) is 66.0 Å². The predicted molar refractivity (Wildman–Crippen MR) is 79.5 cm³/mol. The van der Waals surface area contributed by atoms with E-state index in [1.165, 1.54) is 13.0 Å². The van der Waals surface area contributed by atoms with Gasteiger partial charge < -0.3 is 5.73 Å². The number of Topliss-reactive ketones (excluding diaryl/α,β-unsaturated/α-hetero) is 1. The molecule has 2 aromatic rings. The SMILES string of the molecule is CC(=O)c1c([N+](=O)[O-])ccc([NH-])c1C#Cc1ccccc1.[Ac]. The molecule has 0 aliphatic carbocycles. The molecule has 0 aromatic heterocycles. The molecule has 0 atom stereocenters. The summed E-state index contributed by atoms with van der Waals surface area (Å²) in [5, 5.41) is 11.0. The quantitative estimate of drug-likeness (QED) is 0.268. The molecule has 2 aromatic carbocycles. The Morgan fingerprint density at radius 2 is 1.77 bits per heavy atom. The molecule has 0 aliphatic heterocycles. The van der Waals surface area contributed by atoms with Crippen molar-refractivity contribution in [1.29, 1.82) is 0 Å². The van der Waals surface area contributed by atoms with Crippen LogP contribution in [0.1, 0.15) is 28.4 Å². The second-order valence-electron chi connectivity index (χ2n) is 4.31. The standard InChI is InChI=1S/C16H11N2O3.Ac/c1-11(19)16-13(8-7-12-5-3-2-4-6-12)14(17)9-10-15(16)18(20)21;/h2-6,9-10,17H,1H3;/q-1;. The van der Waals surface area contributed by atoms with E-state index in [0.717, 1.165) is 6.07 Å². The molecule has 0 spiro atoms. The number of rotatable bonds is 2. The Balaban J connectivity index is 0.00000242. The van der Waals surface area contributed by atoms with E-state index < -0.39 is 10.7 Å². The average molecular weight is 506 g/mol. The minimum absolute atomic E-state index is 0. The molecule has 0 fully saturated rings. The van der Waals surface area contributed by atoms with Crippen molar-refractivity contribution in [2.24, 2.45) is 0 Å². The molecule has 5 nitrogen and oxygen atoms in total. The second kappa shape index (κ2) is 8.08. The molecule has 22 heavy (non-hydrogen) atoms. The van der Waals surface area contributed by atoms with Crippen LogP contribution in [0.5, 0.6) is 0 Å². The maximum absolute atomic E-state index is 11.7. The maximum Gasteiger partial charge on any atom is 0.281 e. The van der Waals surface area contributed by atoms with Crippen LogP contribution in [-0.4, -0.2) is 10.7 Å². The fourth-order valence-corrected chi connectivity index (χ4v) is 1.89. The van der Waals surface area contributed by atoms with E-state index in [-0.39, 0.29) is 66.6 Å². The number of carbonyl (C=O) groups is 1. The molecule has 0 saturated carbocycles. The first-order chi connectivity index (χ1) is 10.0. The van der Waals surface area contributed by atoms with Crippen molar-refractivity contribution in [3.8, 4) is 11.8 Å². The van der Waals surface area contributed by atoms with Crippen molar-refractivity contribution in [3.63, 3.8) is 0 Å². The minimum Gasteiger partial charge on any atom is -0.698 e. The fraction of sp³-hybridized carbons (Fsp3) is 0.0625. The molecule has 0 bridgehead atoms. The van der Waals surface area contributed by atoms with E-state index in [0.29, 0.717) is 5.56 Å². The summed E-state index contributed by atoms with van der Waals surface area (Å²) in [6, 6.07) is 11.5. The predicted octanol–water partition coefficient (Wildman–Crippen LogP) is 3.88. The number of nitrogens with one attached hydrogen (secondary N) is 1. The van der Waals surface area contributed by atoms with Gasteiger partial charge in [-0.15, -0.1) is 5.69 Å². The molecular formula is C16H11AcN2O3-. The van der Waals surface area contributed by atoms with Gasteiger partial charge >= 0.3 is 0 Å². The van der Waals surface area contributed by atoms with E-state index in [9.17, 15) is 14.9 Å². The Morgan fingerprint density at radius 3 is 2.32 bits per heavy atom. The number of carbonyl (C=O) groups excluding carboxylic acids is 1. The van der Waals surface area contributed by atoms with Crippen LogP contribution in [0.2, 0.25) is 0 Å². The number of nitrogens with zero attached hydrogens (tertiary/aromatic N) is 1.